The normalized spacial score (nSPS) is 17.4. The van der Waals surface area contributed by atoms with Gasteiger partial charge in [-0.2, -0.15) is 0 Å². The van der Waals surface area contributed by atoms with Crippen molar-refractivity contribution in [3.05, 3.63) is 102 Å². The van der Waals surface area contributed by atoms with E-state index in [1.165, 1.54) is 18.4 Å². The number of carbonyl (C=O) groups excluding carboxylic acids is 1. The molecule has 0 saturated carbocycles. The van der Waals surface area contributed by atoms with E-state index >= 15 is 0 Å². The van der Waals surface area contributed by atoms with E-state index in [0.717, 1.165) is 54.8 Å². The fourth-order valence-electron chi connectivity index (χ4n) is 4.49. The summed E-state index contributed by atoms with van der Waals surface area (Å²) in [5.74, 6) is 2.15. The number of carbonyl (C=O) groups is 1. The van der Waals surface area contributed by atoms with E-state index in [1.54, 1.807) is 19.1 Å². The first-order valence-corrected chi connectivity index (χ1v) is 12.9. The molecule has 36 heavy (non-hydrogen) atoms. The number of hydrogen-bond donors (Lipinski definition) is 1. The van der Waals surface area contributed by atoms with Crippen molar-refractivity contribution in [2.75, 3.05) is 26.7 Å². The third-order valence-corrected chi connectivity index (χ3v) is 6.66. The zero-order chi connectivity index (χ0) is 25.8. The summed E-state index contributed by atoms with van der Waals surface area (Å²) in [4.78, 5) is 13.6. The molecule has 4 nitrogen and oxygen atoms in total. The second-order valence-corrected chi connectivity index (χ2v) is 9.55. The Balaban J connectivity index is 1.64. The van der Waals surface area contributed by atoms with E-state index in [9.17, 15) is 9.90 Å². The SMILES string of the molecule is C=CC(=CC(=CCO)CCCCC(C)=O)Oc1ccc(C2=C=CC(C3CCN(C)CC3)=CC=C2)cc1. The molecule has 1 fully saturated rings. The van der Waals surface area contributed by atoms with E-state index in [-0.39, 0.29) is 12.4 Å². The van der Waals surface area contributed by atoms with E-state index in [4.69, 9.17) is 4.74 Å². The van der Waals surface area contributed by atoms with Gasteiger partial charge in [0.05, 0.1) is 6.61 Å². The van der Waals surface area contributed by atoms with Gasteiger partial charge >= 0.3 is 0 Å². The van der Waals surface area contributed by atoms with Gasteiger partial charge in [0.1, 0.15) is 17.3 Å². The van der Waals surface area contributed by atoms with Crippen molar-refractivity contribution in [1.82, 2.24) is 4.90 Å². The average Bonchev–Trinajstić information content (AvgIpc) is 3.13. The van der Waals surface area contributed by atoms with Crippen LogP contribution in [0, 0.1) is 5.92 Å². The van der Waals surface area contributed by atoms with Crippen molar-refractivity contribution in [2.45, 2.75) is 45.4 Å². The van der Waals surface area contributed by atoms with Gasteiger partial charge in [0.25, 0.3) is 0 Å². The number of aliphatic hydroxyl groups excluding tert-OH is 1. The molecule has 0 radical (unpaired) electrons. The Morgan fingerprint density at radius 3 is 2.58 bits per heavy atom. The number of hydrogen-bond acceptors (Lipinski definition) is 4. The summed E-state index contributed by atoms with van der Waals surface area (Å²) >= 11 is 0. The Bertz CT molecular complexity index is 1090. The van der Waals surface area contributed by atoms with Crippen LogP contribution in [0.1, 0.15) is 51.0 Å². The molecule has 1 N–H and O–H groups in total. The highest BCUT2D eigenvalue weighted by molar-refractivity contribution is 5.75. The van der Waals surface area contributed by atoms with Crippen molar-refractivity contribution < 1.29 is 14.6 Å². The number of ether oxygens (including phenoxy) is 1. The highest BCUT2D eigenvalue weighted by Crippen LogP contribution is 2.28. The molecule has 1 aliphatic heterocycles. The van der Waals surface area contributed by atoms with Gasteiger partial charge < -0.3 is 19.5 Å². The lowest BCUT2D eigenvalue weighted by molar-refractivity contribution is -0.117. The second kappa shape index (κ2) is 14.4. The standard InChI is InChI=1S/C32H39NO3/c1-4-31(24-26(20-23-34)9-6-5-8-25(2)35)36-32-16-14-29(15-17-32)27-10-7-11-28(13-12-27)30-18-21-33(3)22-19-30/h4,7,10-11,13-17,20,24,30,34H,1,5-6,8-9,18-19,21-23H2,2-3H3. The van der Waals surface area contributed by atoms with Crippen LogP contribution >= 0.6 is 0 Å². The van der Waals surface area contributed by atoms with E-state index in [2.05, 4.69) is 48.6 Å². The Morgan fingerprint density at radius 2 is 1.92 bits per heavy atom. The first-order chi connectivity index (χ1) is 17.5. The van der Waals surface area contributed by atoms with Gasteiger partial charge in [0.15, 0.2) is 0 Å². The smallest absolute Gasteiger partial charge is 0.129 e. The van der Waals surface area contributed by atoms with Crippen LogP contribution in [-0.2, 0) is 4.79 Å². The van der Waals surface area contributed by atoms with Gasteiger partial charge in [-0.25, -0.2) is 0 Å². The zero-order valence-electron chi connectivity index (χ0n) is 21.7. The van der Waals surface area contributed by atoms with Gasteiger partial charge in [-0.3, -0.25) is 0 Å². The van der Waals surface area contributed by atoms with Crippen LogP contribution in [0.5, 0.6) is 5.75 Å². The van der Waals surface area contributed by atoms with Crippen LogP contribution in [0.4, 0.5) is 0 Å². The van der Waals surface area contributed by atoms with E-state index in [0.29, 0.717) is 18.1 Å². The maximum Gasteiger partial charge on any atom is 0.129 e. The molecule has 0 unspecified atom stereocenters. The molecule has 1 heterocycles. The monoisotopic (exact) mass is 485 g/mol. The van der Waals surface area contributed by atoms with Crippen LogP contribution in [0.2, 0.25) is 0 Å². The number of unbranched alkanes of at least 4 members (excludes halogenated alkanes) is 1. The molecule has 0 bridgehead atoms. The summed E-state index contributed by atoms with van der Waals surface area (Å²) < 4.78 is 6.05. The van der Waals surface area contributed by atoms with Crippen LogP contribution in [-0.4, -0.2) is 42.5 Å². The summed E-state index contributed by atoms with van der Waals surface area (Å²) in [6.45, 7) is 7.75. The first-order valence-electron chi connectivity index (χ1n) is 12.9. The van der Waals surface area contributed by atoms with Crippen LogP contribution in [0.15, 0.2) is 96.0 Å². The molecular formula is C32H39NO3. The lowest BCUT2D eigenvalue weighted by Crippen LogP contribution is -2.30. The topological polar surface area (TPSA) is 49.8 Å². The summed E-state index contributed by atoms with van der Waals surface area (Å²) in [5, 5.41) is 9.38. The molecule has 1 saturated heterocycles. The number of nitrogens with zero attached hydrogens (tertiary/aromatic N) is 1. The molecule has 4 heteroatoms. The maximum atomic E-state index is 11.2. The molecule has 1 aliphatic carbocycles. The summed E-state index contributed by atoms with van der Waals surface area (Å²) in [6.07, 6.45) is 19.4. The highest BCUT2D eigenvalue weighted by Gasteiger charge is 2.19. The number of benzene rings is 1. The first kappa shape index (κ1) is 27.4. The molecular weight excluding hydrogens is 446 g/mol. The van der Waals surface area contributed by atoms with Gasteiger partial charge in [-0.1, -0.05) is 36.9 Å². The quantitative estimate of drug-likeness (QED) is 0.157. The number of allylic oxidation sites excluding steroid dienone is 8. The Kier molecular flexibility index (Phi) is 11.0. The molecule has 1 aromatic carbocycles. The van der Waals surface area contributed by atoms with Crippen LogP contribution < -0.4 is 4.74 Å². The maximum absolute atomic E-state index is 11.2. The third kappa shape index (κ3) is 8.80. The number of rotatable bonds is 12. The largest absolute Gasteiger partial charge is 0.457 e. The molecule has 2 aliphatic rings. The Labute approximate surface area is 216 Å². The van der Waals surface area contributed by atoms with Crippen molar-refractivity contribution >= 4 is 11.4 Å². The fraction of sp³-hybridized carbons (Fsp3) is 0.375. The van der Waals surface area contributed by atoms with Crippen molar-refractivity contribution in [1.29, 1.82) is 0 Å². The molecule has 0 atom stereocenters. The molecule has 1 aromatic rings. The minimum atomic E-state index is -0.0395. The fourth-order valence-corrected chi connectivity index (χ4v) is 4.49. The van der Waals surface area contributed by atoms with Gasteiger partial charge in [0.2, 0.25) is 0 Å². The van der Waals surface area contributed by atoms with Crippen molar-refractivity contribution in [3.8, 4) is 5.75 Å². The molecule has 3 rings (SSSR count). The minimum absolute atomic E-state index is 0.0395. The molecule has 0 amide bonds. The zero-order valence-corrected chi connectivity index (χ0v) is 21.7. The summed E-state index contributed by atoms with van der Waals surface area (Å²) in [6, 6.07) is 7.99. The van der Waals surface area contributed by atoms with Gasteiger partial charge in [0, 0.05) is 12.0 Å². The highest BCUT2D eigenvalue weighted by atomic mass is 16.5. The minimum Gasteiger partial charge on any atom is -0.457 e. The summed E-state index contributed by atoms with van der Waals surface area (Å²) in [5.41, 5.74) is 7.98. The number of Topliss-reactive ketones (excluding diaryl/α,β-unsaturated/α-hetero) is 1. The van der Waals surface area contributed by atoms with Gasteiger partial charge in [-0.15, -0.1) is 5.73 Å². The lowest BCUT2D eigenvalue weighted by atomic mass is 9.89. The second-order valence-electron chi connectivity index (χ2n) is 9.55. The summed E-state index contributed by atoms with van der Waals surface area (Å²) in [7, 11) is 2.19. The van der Waals surface area contributed by atoms with E-state index in [1.807, 2.05) is 30.3 Å². The molecule has 0 spiro atoms. The average molecular weight is 486 g/mol. The number of piperidine rings is 1. The van der Waals surface area contributed by atoms with Crippen LogP contribution in [0.25, 0.3) is 5.57 Å². The predicted molar refractivity (Wildman–Crippen MR) is 149 cm³/mol. The Morgan fingerprint density at radius 1 is 1.19 bits per heavy atom. The van der Waals surface area contributed by atoms with Crippen molar-refractivity contribution in [2.24, 2.45) is 5.92 Å². The number of aliphatic hydroxyl groups is 1. The molecule has 190 valence electrons. The molecule has 0 aromatic heterocycles. The number of ketones is 1. The third-order valence-electron chi connectivity index (χ3n) is 6.66. The van der Waals surface area contributed by atoms with Crippen molar-refractivity contribution in [3.63, 3.8) is 0 Å². The number of likely N-dealkylation sites (tertiary alicyclic amines) is 1. The predicted octanol–water partition coefficient (Wildman–Crippen LogP) is 6.58. The van der Waals surface area contributed by atoms with Gasteiger partial charge in [-0.05, 0) is 118 Å². The Hall–Kier alpha value is -3.17. The van der Waals surface area contributed by atoms with Crippen LogP contribution in [0.3, 0.4) is 0 Å². The van der Waals surface area contributed by atoms with E-state index < -0.39 is 0 Å². The lowest BCUT2D eigenvalue weighted by Gasteiger charge is -2.29.